The molecule has 0 fully saturated rings. The minimum Gasteiger partial charge on any atom is -0.484 e. The first-order valence-corrected chi connectivity index (χ1v) is 15.1. The summed E-state index contributed by atoms with van der Waals surface area (Å²) in [4.78, 5) is 25.2. The molecule has 0 spiro atoms. The van der Waals surface area contributed by atoms with Gasteiger partial charge in [0.2, 0.25) is 0 Å². The molecule has 0 heterocycles. The predicted molar refractivity (Wildman–Crippen MR) is 169 cm³/mol. The Labute approximate surface area is 256 Å². The van der Waals surface area contributed by atoms with Crippen molar-refractivity contribution in [2.45, 2.75) is 25.7 Å². The first kappa shape index (κ1) is 31.3. The van der Waals surface area contributed by atoms with Gasteiger partial charge in [0, 0.05) is 0 Å². The Morgan fingerprint density at radius 3 is 2.26 bits per heavy atom. The van der Waals surface area contributed by atoms with E-state index in [4.69, 9.17) is 16.3 Å². The molecule has 4 rings (SSSR count). The highest BCUT2D eigenvalue weighted by Crippen LogP contribution is 2.28. The Hall–Kier alpha value is -4.67. The van der Waals surface area contributed by atoms with Crippen LogP contribution in [0.5, 0.6) is 5.75 Å². The number of carbonyl (C=O) groups excluding carboxylic acids is 2. The number of halogens is 1. The number of ether oxygens (including phenoxy) is 1. The van der Waals surface area contributed by atoms with Crippen molar-refractivity contribution in [1.82, 2.24) is 5.43 Å². The van der Waals surface area contributed by atoms with Gasteiger partial charge in [-0.1, -0.05) is 53.6 Å². The SMILES string of the molecule is Cc1ccc(S(=O)(=O)N(CC(=O)N/N=C\c2ccc(OCC(=O)Nc3ccccc3Cl)cc2)c2cc(C)ccc2C)cc1. The number of rotatable bonds is 11. The van der Waals surface area contributed by atoms with Crippen molar-refractivity contribution in [3.63, 3.8) is 0 Å². The molecule has 0 radical (unpaired) electrons. The van der Waals surface area contributed by atoms with Crippen LogP contribution in [0.15, 0.2) is 101 Å². The second kappa shape index (κ2) is 14.0. The van der Waals surface area contributed by atoms with E-state index in [1.54, 1.807) is 73.7 Å². The Balaban J connectivity index is 1.38. The number of amides is 2. The molecule has 43 heavy (non-hydrogen) atoms. The van der Waals surface area contributed by atoms with Crippen LogP contribution in [0.3, 0.4) is 0 Å². The molecule has 0 unspecified atom stereocenters. The Morgan fingerprint density at radius 2 is 1.56 bits per heavy atom. The van der Waals surface area contributed by atoms with Gasteiger partial charge < -0.3 is 10.1 Å². The van der Waals surface area contributed by atoms with Crippen LogP contribution in [0.1, 0.15) is 22.3 Å². The fourth-order valence-electron chi connectivity index (χ4n) is 4.02. The summed E-state index contributed by atoms with van der Waals surface area (Å²) in [7, 11) is -4.05. The Kier molecular flexibility index (Phi) is 10.2. The number of aryl methyl sites for hydroxylation is 3. The first-order valence-electron chi connectivity index (χ1n) is 13.3. The molecule has 0 saturated carbocycles. The van der Waals surface area contributed by atoms with Crippen LogP contribution in [0.25, 0.3) is 0 Å². The van der Waals surface area contributed by atoms with Gasteiger partial charge in [-0.05, 0) is 92.1 Å². The van der Waals surface area contributed by atoms with Gasteiger partial charge in [0.25, 0.3) is 21.8 Å². The number of para-hydroxylation sites is 1. The average molecular weight is 619 g/mol. The summed E-state index contributed by atoms with van der Waals surface area (Å²) in [5.41, 5.74) is 6.45. The van der Waals surface area contributed by atoms with Crippen molar-refractivity contribution in [2.75, 3.05) is 22.8 Å². The molecular formula is C32H31ClN4O5S. The first-order chi connectivity index (χ1) is 20.5. The lowest BCUT2D eigenvalue weighted by Crippen LogP contribution is -2.40. The third-order valence-corrected chi connectivity index (χ3v) is 8.43. The van der Waals surface area contributed by atoms with Gasteiger partial charge in [0.1, 0.15) is 12.3 Å². The van der Waals surface area contributed by atoms with Crippen LogP contribution in [0.4, 0.5) is 11.4 Å². The minimum atomic E-state index is -4.05. The van der Waals surface area contributed by atoms with Gasteiger partial charge in [-0.2, -0.15) is 5.10 Å². The number of benzene rings is 4. The molecule has 0 bridgehead atoms. The molecule has 9 nitrogen and oxygen atoms in total. The summed E-state index contributed by atoms with van der Waals surface area (Å²) in [5, 5.41) is 7.10. The second-order valence-electron chi connectivity index (χ2n) is 9.79. The third kappa shape index (κ3) is 8.43. The van der Waals surface area contributed by atoms with Gasteiger partial charge in [-0.25, -0.2) is 13.8 Å². The summed E-state index contributed by atoms with van der Waals surface area (Å²) in [6.07, 6.45) is 1.42. The van der Waals surface area contributed by atoms with Crippen molar-refractivity contribution >= 4 is 51.0 Å². The van der Waals surface area contributed by atoms with E-state index in [0.717, 1.165) is 15.4 Å². The summed E-state index contributed by atoms with van der Waals surface area (Å²) < 4.78 is 33.9. The van der Waals surface area contributed by atoms with Crippen LogP contribution in [-0.4, -0.2) is 39.6 Å². The molecule has 0 aromatic heterocycles. The van der Waals surface area contributed by atoms with Crippen LogP contribution in [-0.2, 0) is 19.6 Å². The number of hydrazone groups is 1. The maximum absolute atomic E-state index is 13.6. The molecule has 4 aromatic carbocycles. The summed E-state index contributed by atoms with van der Waals surface area (Å²) in [5.74, 6) is -0.515. The number of carbonyl (C=O) groups is 2. The molecular weight excluding hydrogens is 588 g/mol. The number of anilines is 2. The average Bonchev–Trinajstić information content (AvgIpc) is 2.98. The van der Waals surface area contributed by atoms with E-state index in [2.05, 4.69) is 15.8 Å². The number of nitrogens with one attached hydrogen (secondary N) is 2. The summed E-state index contributed by atoms with van der Waals surface area (Å²) in [6, 6.07) is 25.5. The molecule has 11 heteroatoms. The van der Waals surface area contributed by atoms with Crippen molar-refractivity contribution in [2.24, 2.45) is 5.10 Å². The quantitative estimate of drug-likeness (QED) is 0.167. The topological polar surface area (TPSA) is 117 Å². The van der Waals surface area contributed by atoms with E-state index in [9.17, 15) is 18.0 Å². The zero-order valence-corrected chi connectivity index (χ0v) is 25.4. The fourth-order valence-corrected chi connectivity index (χ4v) is 5.68. The number of hydrogen-bond acceptors (Lipinski definition) is 6. The normalized spacial score (nSPS) is 11.3. The predicted octanol–water partition coefficient (Wildman–Crippen LogP) is 5.63. The maximum Gasteiger partial charge on any atom is 0.264 e. The third-order valence-electron chi connectivity index (χ3n) is 6.33. The largest absolute Gasteiger partial charge is 0.484 e. The van der Waals surface area contributed by atoms with Crippen LogP contribution in [0.2, 0.25) is 5.02 Å². The Bertz CT molecular complexity index is 1740. The van der Waals surface area contributed by atoms with Gasteiger partial charge in [-0.3, -0.25) is 13.9 Å². The standard InChI is InChI=1S/C32H31ClN4O5S/c1-22-9-16-27(17-10-22)43(40,41)37(30-18-23(2)8-11-24(30)3)20-31(38)36-34-19-25-12-14-26(15-13-25)42-21-32(39)35-29-7-5-4-6-28(29)33/h4-19H,20-21H2,1-3H3,(H,35,39)(H,36,38)/b34-19-. The molecule has 2 amide bonds. The van der Waals surface area contributed by atoms with E-state index in [1.807, 2.05) is 26.0 Å². The van der Waals surface area contributed by atoms with E-state index < -0.39 is 22.5 Å². The van der Waals surface area contributed by atoms with E-state index in [-0.39, 0.29) is 17.4 Å². The van der Waals surface area contributed by atoms with E-state index in [1.165, 1.54) is 18.3 Å². The molecule has 222 valence electrons. The zero-order chi connectivity index (χ0) is 31.0. The summed E-state index contributed by atoms with van der Waals surface area (Å²) >= 11 is 6.06. The fraction of sp³-hybridized carbons (Fsp3) is 0.156. The van der Waals surface area contributed by atoms with E-state index in [0.29, 0.717) is 33.3 Å². The number of nitrogens with zero attached hydrogens (tertiary/aromatic N) is 2. The van der Waals surface area contributed by atoms with Crippen molar-refractivity contribution in [3.8, 4) is 5.75 Å². The lowest BCUT2D eigenvalue weighted by Gasteiger charge is -2.25. The smallest absolute Gasteiger partial charge is 0.264 e. The molecule has 4 aromatic rings. The second-order valence-corrected chi connectivity index (χ2v) is 12.1. The molecule has 2 N–H and O–H groups in total. The molecule has 0 aliphatic carbocycles. The zero-order valence-electron chi connectivity index (χ0n) is 23.9. The maximum atomic E-state index is 13.6. The van der Waals surface area contributed by atoms with Crippen molar-refractivity contribution in [3.05, 3.63) is 118 Å². The van der Waals surface area contributed by atoms with Crippen LogP contribution in [0, 0.1) is 20.8 Å². The highest BCUT2D eigenvalue weighted by molar-refractivity contribution is 7.92. The van der Waals surface area contributed by atoms with Gasteiger partial charge >= 0.3 is 0 Å². The number of hydrogen-bond donors (Lipinski definition) is 2. The van der Waals surface area contributed by atoms with Gasteiger partial charge in [-0.15, -0.1) is 0 Å². The molecule has 0 aliphatic rings. The van der Waals surface area contributed by atoms with E-state index >= 15 is 0 Å². The monoisotopic (exact) mass is 618 g/mol. The van der Waals surface area contributed by atoms with Gasteiger partial charge in [0.05, 0.1) is 27.5 Å². The van der Waals surface area contributed by atoms with Crippen molar-refractivity contribution in [1.29, 1.82) is 0 Å². The summed E-state index contributed by atoms with van der Waals surface area (Å²) in [6.45, 7) is 4.84. The lowest BCUT2D eigenvalue weighted by molar-refractivity contribution is -0.119. The molecule has 0 atom stereocenters. The van der Waals surface area contributed by atoms with Crippen LogP contribution < -0.4 is 19.8 Å². The minimum absolute atomic E-state index is 0.0824. The van der Waals surface area contributed by atoms with Gasteiger partial charge in [0.15, 0.2) is 6.61 Å². The van der Waals surface area contributed by atoms with Crippen molar-refractivity contribution < 1.29 is 22.7 Å². The molecule has 0 saturated heterocycles. The van der Waals surface area contributed by atoms with Crippen LogP contribution >= 0.6 is 11.6 Å². The highest BCUT2D eigenvalue weighted by atomic mass is 35.5. The Morgan fingerprint density at radius 1 is 0.884 bits per heavy atom. The highest BCUT2D eigenvalue weighted by Gasteiger charge is 2.28. The lowest BCUT2D eigenvalue weighted by atomic mass is 10.1. The number of sulfonamides is 1. The molecule has 0 aliphatic heterocycles.